The first kappa shape index (κ1) is 10.4. The van der Waals surface area contributed by atoms with Crippen molar-refractivity contribution in [3.8, 4) is 0 Å². The molecule has 12 heavy (non-hydrogen) atoms. The smallest absolute Gasteiger partial charge is 0.0607 e. The third-order valence-electron chi connectivity index (χ3n) is 1.89. The van der Waals surface area contributed by atoms with Gasteiger partial charge in [-0.05, 0) is 31.7 Å². The lowest BCUT2D eigenvalue weighted by atomic mass is 10.4. The molecule has 1 rings (SSSR count). The highest BCUT2D eigenvalue weighted by Crippen LogP contribution is 2.19. The van der Waals surface area contributed by atoms with E-state index < -0.39 is 0 Å². The Balaban J connectivity index is 1.70. The molecule has 3 heteroatoms. The Morgan fingerprint density at radius 3 is 2.83 bits per heavy atom. The highest BCUT2D eigenvalue weighted by Gasteiger charge is 2.17. The number of hydrogen-bond donors (Lipinski definition) is 1. The van der Waals surface area contributed by atoms with Crippen LogP contribution in [0.1, 0.15) is 19.8 Å². The van der Waals surface area contributed by atoms with Crippen molar-refractivity contribution in [2.45, 2.75) is 25.0 Å². The molecule has 0 saturated carbocycles. The van der Waals surface area contributed by atoms with E-state index in [0.717, 1.165) is 25.0 Å². The lowest BCUT2D eigenvalue weighted by molar-refractivity contribution is 0.0455. The number of nitrogens with one attached hydrogen (secondary N) is 1. The molecule has 0 bridgehead atoms. The maximum Gasteiger partial charge on any atom is 0.0607 e. The van der Waals surface area contributed by atoms with Gasteiger partial charge < -0.3 is 10.1 Å². The van der Waals surface area contributed by atoms with E-state index in [1.165, 1.54) is 25.1 Å². The third kappa shape index (κ3) is 4.33. The van der Waals surface area contributed by atoms with E-state index in [0.29, 0.717) is 0 Å². The summed E-state index contributed by atoms with van der Waals surface area (Å²) in [6, 6.07) is 0. The van der Waals surface area contributed by atoms with Crippen LogP contribution in [0.3, 0.4) is 0 Å². The van der Waals surface area contributed by atoms with Gasteiger partial charge in [0.05, 0.1) is 18.5 Å². The zero-order valence-corrected chi connectivity index (χ0v) is 8.66. The lowest BCUT2D eigenvalue weighted by Crippen LogP contribution is -2.30. The first-order chi connectivity index (χ1) is 5.93. The van der Waals surface area contributed by atoms with Crippen LogP contribution < -0.4 is 5.32 Å². The van der Waals surface area contributed by atoms with E-state index in [9.17, 15) is 0 Å². The van der Waals surface area contributed by atoms with Gasteiger partial charge in [-0.1, -0.05) is 6.92 Å². The molecule has 1 aliphatic rings. The molecule has 1 fully saturated rings. The zero-order chi connectivity index (χ0) is 8.65. The van der Waals surface area contributed by atoms with Gasteiger partial charge in [0.2, 0.25) is 0 Å². The molecule has 0 unspecified atom stereocenters. The summed E-state index contributed by atoms with van der Waals surface area (Å²) in [6.45, 7) is 6.50. The van der Waals surface area contributed by atoms with Crippen LogP contribution >= 0.6 is 11.8 Å². The maximum absolute atomic E-state index is 5.09. The predicted octanol–water partition coefficient (Wildman–Crippen LogP) is 1.51. The van der Waals surface area contributed by atoms with Gasteiger partial charge in [0.25, 0.3) is 0 Å². The summed E-state index contributed by atoms with van der Waals surface area (Å²) in [5, 5.41) is 4.20. The fraction of sp³-hybridized carbons (Fsp3) is 1.00. The Kier molecular flexibility index (Phi) is 5.82. The van der Waals surface area contributed by atoms with Crippen LogP contribution in [0.15, 0.2) is 0 Å². The number of ether oxygens (including phenoxy) is 1. The molecule has 0 amide bonds. The summed E-state index contributed by atoms with van der Waals surface area (Å²) in [6.07, 6.45) is 2.53. The second-order valence-electron chi connectivity index (χ2n) is 3.13. The van der Waals surface area contributed by atoms with Crippen LogP contribution in [0.4, 0.5) is 0 Å². The van der Waals surface area contributed by atoms with E-state index >= 15 is 0 Å². The average Bonchev–Trinajstić information content (AvgIpc) is 2.00. The molecule has 1 saturated heterocycles. The molecular formula is C9H19NOS. The molecule has 0 aromatic carbocycles. The summed E-state index contributed by atoms with van der Waals surface area (Å²) < 4.78 is 5.09. The van der Waals surface area contributed by atoms with E-state index in [4.69, 9.17) is 4.74 Å². The first-order valence-corrected chi connectivity index (χ1v) is 5.88. The quantitative estimate of drug-likeness (QED) is 0.613. The fourth-order valence-corrected chi connectivity index (χ4v) is 2.09. The van der Waals surface area contributed by atoms with E-state index in [2.05, 4.69) is 24.0 Å². The van der Waals surface area contributed by atoms with Gasteiger partial charge in [-0.2, -0.15) is 11.8 Å². The Morgan fingerprint density at radius 2 is 2.25 bits per heavy atom. The Morgan fingerprint density at radius 1 is 1.42 bits per heavy atom. The van der Waals surface area contributed by atoms with Crippen LogP contribution in [-0.2, 0) is 4.74 Å². The van der Waals surface area contributed by atoms with Gasteiger partial charge in [0.1, 0.15) is 0 Å². The summed E-state index contributed by atoms with van der Waals surface area (Å²) in [7, 11) is 0. The molecule has 1 aliphatic heterocycles. The van der Waals surface area contributed by atoms with Crippen molar-refractivity contribution in [2.24, 2.45) is 0 Å². The molecule has 0 radical (unpaired) electrons. The summed E-state index contributed by atoms with van der Waals surface area (Å²) >= 11 is 2.06. The van der Waals surface area contributed by atoms with Crippen LogP contribution in [0, 0.1) is 0 Å². The van der Waals surface area contributed by atoms with Crippen molar-refractivity contribution in [2.75, 3.05) is 32.1 Å². The van der Waals surface area contributed by atoms with Gasteiger partial charge in [0.15, 0.2) is 0 Å². The molecule has 0 aromatic rings. The zero-order valence-electron chi connectivity index (χ0n) is 7.84. The minimum Gasteiger partial charge on any atom is -0.379 e. The molecular weight excluding hydrogens is 170 g/mol. The second-order valence-corrected chi connectivity index (χ2v) is 4.54. The van der Waals surface area contributed by atoms with E-state index in [-0.39, 0.29) is 0 Å². The highest BCUT2D eigenvalue weighted by molar-refractivity contribution is 8.00. The fourth-order valence-electron chi connectivity index (χ4n) is 1.06. The van der Waals surface area contributed by atoms with Crippen molar-refractivity contribution < 1.29 is 4.74 Å². The average molecular weight is 189 g/mol. The number of rotatable bonds is 7. The molecule has 72 valence electrons. The summed E-state index contributed by atoms with van der Waals surface area (Å²) in [5.74, 6) is 1.28. The Labute approximate surface area is 79.4 Å². The van der Waals surface area contributed by atoms with Crippen molar-refractivity contribution in [1.82, 2.24) is 5.32 Å². The van der Waals surface area contributed by atoms with Gasteiger partial charge in [0, 0.05) is 0 Å². The van der Waals surface area contributed by atoms with E-state index in [1.807, 2.05) is 0 Å². The molecule has 1 heterocycles. The van der Waals surface area contributed by atoms with Gasteiger partial charge >= 0.3 is 0 Å². The Hall–Kier alpha value is 0.270. The third-order valence-corrected chi connectivity index (χ3v) is 3.15. The van der Waals surface area contributed by atoms with Crippen LogP contribution in [-0.4, -0.2) is 37.3 Å². The van der Waals surface area contributed by atoms with Gasteiger partial charge in [-0.25, -0.2) is 0 Å². The Bertz CT molecular complexity index is 107. The van der Waals surface area contributed by atoms with E-state index in [1.54, 1.807) is 0 Å². The van der Waals surface area contributed by atoms with Crippen molar-refractivity contribution >= 4 is 11.8 Å². The first-order valence-electron chi connectivity index (χ1n) is 4.83. The van der Waals surface area contributed by atoms with Crippen LogP contribution in [0.5, 0.6) is 0 Å². The normalized spacial score (nSPS) is 17.8. The van der Waals surface area contributed by atoms with Crippen molar-refractivity contribution in [3.05, 3.63) is 0 Å². The summed E-state index contributed by atoms with van der Waals surface area (Å²) in [4.78, 5) is 0. The molecule has 0 aromatic heterocycles. The second kappa shape index (κ2) is 6.75. The molecule has 0 spiro atoms. The van der Waals surface area contributed by atoms with Crippen molar-refractivity contribution in [1.29, 1.82) is 0 Å². The lowest BCUT2D eigenvalue weighted by Gasteiger charge is -2.25. The van der Waals surface area contributed by atoms with Crippen LogP contribution in [0.2, 0.25) is 0 Å². The standard InChI is InChI=1S/C9H19NOS/c1-2-4-10-5-3-6-12-9-7-11-8-9/h9-10H,2-8H2,1H3. The highest BCUT2D eigenvalue weighted by atomic mass is 32.2. The topological polar surface area (TPSA) is 21.3 Å². The van der Waals surface area contributed by atoms with Gasteiger partial charge in [-0.15, -0.1) is 0 Å². The SMILES string of the molecule is CCCNCCCSC1COC1. The molecule has 1 N–H and O–H groups in total. The largest absolute Gasteiger partial charge is 0.379 e. The number of thioether (sulfide) groups is 1. The van der Waals surface area contributed by atoms with Gasteiger partial charge in [-0.3, -0.25) is 0 Å². The monoisotopic (exact) mass is 189 g/mol. The predicted molar refractivity (Wildman–Crippen MR) is 54.8 cm³/mol. The van der Waals surface area contributed by atoms with Crippen LogP contribution in [0.25, 0.3) is 0 Å². The maximum atomic E-state index is 5.09. The van der Waals surface area contributed by atoms with Crippen molar-refractivity contribution in [3.63, 3.8) is 0 Å². The molecule has 0 aliphatic carbocycles. The minimum absolute atomic E-state index is 0.802. The molecule has 0 atom stereocenters. The molecule has 2 nitrogen and oxygen atoms in total. The summed E-state index contributed by atoms with van der Waals surface area (Å²) in [5.41, 5.74) is 0. The number of hydrogen-bond acceptors (Lipinski definition) is 3. The minimum atomic E-state index is 0.802.